The van der Waals surface area contributed by atoms with Gasteiger partial charge in [-0.3, -0.25) is 0 Å². The van der Waals surface area contributed by atoms with Crippen molar-refractivity contribution in [2.45, 2.75) is 26.4 Å². The van der Waals surface area contributed by atoms with Gasteiger partial charge in [0.2, 0.25) is 0 Å². The van der Waals surface area contributed by atoms with Gasteiger partial charge in [0, 0.05) is 13.6 Å². The highest BCUT2D eigenvalue weighted by Gasteiger charge is 2.24. The predicted molar refractivity (Wildman–Crippen MR) is 97.4 cm³/mol. The lowest BCUT2D eigenvalue weighted by molar-refractivity contribution is 0.0697. The second-order valence-corrected chi connectivity index (χ2v) is 6.37. The summed E-state index contributed by atoms with van der Waals surface area (Å²) < 4.78 is 0. The van der Waals surface area contributed by atoms with E-state index in [2.05, 4.69) is 19.2 Å². The van der Waals surface area contributed by atoms with Gasteiger partial charge >= 0.3 is 12.0 Å². The highest BCUT2D eigenvalue weighted by atomic mass is 16.4. The van der Waals surface area contributed by atoms with Crippen LogP contribution >= 0.6 is 0 Å². The molecule has 0 aliphatic carbocycles. The van der Waals surface area contributed by atoms with Crippen molar-refractivity contribution in [3.8, 4) is 0 Å². The second kappa shape index (κ2) is 8.33. The largest absolute Gasteiger partial charge is 0.478 e. The van der Waals surface area contributed by atoms with Crippen molar-refractivity contribution < 1.29 is 14.7 Å². The van der Waals surface area contributed by atoms with Gasteiger partial charge in [-0.15, -0.1) is 0 Å². The molecule has 0 radical (unpaired) electrons. The molecule has 1 atom stereocenters. The van der Waals surface area contributed by atoms with Gasteiger partial charge in [0.25, 0.3) is 0 Å². The normalized spacial score (nSPS) is 11.8. The Morgan fingerprint density at radius 1 is 1.04 bits per heavy atom. The number of benzene rings is 2. The zero-order chi connectivity index (χ0) is 18.4. The molecule has 0 aliphatic rings. The molecule has 5 nitrogen and oxygen atoms in total. The van der Waals surface area contributed by atoms with Crippen LogP contribution in [0.5, 0.6) is 0 Å². The standard InChI is InChI=1S/C20H24N2O3/c1-14(2)18(16-7-5-4-6-8-16)22(3)20(25)21-13-15-9-11-17(12-10-15)19(23)24/h4-12,14,18H,13H2,1-3H3,(H,21,25)(H,23,24). The molecule has 0 heterocycles. The van der Waals surface area contributed by atoms with Gasteiger partial charge in [0.05, 0.1) is 11.6 Å². The van der Waals surface area contributed by atoms with Crippen LogP contribution in [0.2, 0.25) is 0 Å². The van der Waals surface area contributed by atoms with Crippen molar-refractivity contribution in [2.24, 2.45) is 5.92 Å². The first-order valence-corrected chi connectivity index (χ1v) is 8.28. The maximum Gasteiger partial charge on any atom is 0.335 e. The van der Waals surface area contributed by atoms with E-state index in [1.54, 1.807) is 24.1 Å². The van der Waals surface area contributed by atoms with Crippen molar-refractivity contribution in [1.82, 2.24) is 10.2 Å². The third-order valence-electron chi connectivity index (χ3n) is 4.15. The molecule has 0 aromatic heterocycles. The molecule has 2 aromatic rings. The summed E-state index contributed by atoms with van der Waals surface area (Å²) in [7, 11) is 1.79. The van der Waals surface area contributed by atoms with Crippen molar-refractivity contribution in [1.29, 1.82) is 0 Å². The molecule has 0 aliphatic heterocycles. The van der Waals surface area contributed by atoms with Crippen LogP contribution in [0.4, 0.5) is 4.79 Å². The van der Waals surface area contributed by atoms with Crippen LogP contribution in [0, 0.1) is 5.92 Å². The number of aromatic carboxylic acids is 1. The summed E-state index contributed by atoms with van der Waals surface area (Å²) in [6.07, 6.45) is 0. The number of urea groups is 1. The molecule has 0 saturated carbocycles. The summed E-state index contributed by atoms with van der Waals surface area (Å²) in [5, 5.41) is 11.8. The average molecular weight is 340 g/mol. The van der Waals surface area contributed by atoms with E-state index in [1.165, 1.54) is 12.1 Å². The van der Waals surface area contributed by atoms with E-state index in [4.69, 9.17) is 5.11 Å². The molecule has 2 amide bonds. The molecule has 25 heavy (non-hydrogen) atoms. The number of nitrogens with one attached hydrogen (secondary N) is 1. The van der Waals surface area contributed by atoms with Gasteiger partial charge in [-0.05, 0) is 29.2 Å². The Bertz CT molecular complexity index is 711. The number of rotatable bonds is 6. The molecular formula is C20H24N2O3. The maximum atomic E-state index is 12.5. The van der Waals surface area contributed by atoms with Gasteiger partial charge in [0.1, 0.15) is 0 Å². The van der Waals surface area contributed by atoms with Gasteiger partial charge in [0.15, 0.2) is 0 Å². The fourth-order valence-corrected chi connectivity index (χ4v) is 2.90. The van der Waals surface area contributed by atoms with Crippen LogP contribution in [-0.4, -0.2) is 29.1 Å². The Labute approximate surface area is 148 Å². The molecule has 2 rings (SSSR count). The molecule has 0 bridgehead atoms. The Kier molecular flexibility index (Phi) is 6.17. The smallest absolute Gasteiger partial charge is 0.335 e. The molecule has 0 spiro atoms. The number of carboxylic acid groups (broad SMARTS) is 1. The maximum absolute atomic E-state index is 12.5. The fourth-order valence-electron chi connectivity index (χ4n) is 2.90. The summed E-state index contributed by atoms with van der Waals surface area (Å²) in [6, 6.07) is 16.3. The number of carbonyl (C=O) groups excluding carboxylic acids is 1. The van der Waals surface area contributed by atoms with Crippen molar-refractivity contribution in [3.05, 3.63) is 71.3 Å². The minimum absolute atomic E-state index is 0.0180. The zero-order valence-electron chi connectivity index (χ0n) is 14.8. The minimum Gasteiger partial charge on any atom is -0.478 e. The van der Waals surface area contributed by atoms with Crippen molar-refractivity contribution in [2.75, 3.05) is 7.05 Å². The Balaban J connectivity index is 2.02. The summed E-state index contributed by atoms with van der Waals surface area (Å²) in [6.45, 7) is 4.53. The molecule has 5 heteroatoms. The van der Waals surface area contributed by atoms with E-state index < -0.39 is 5.97 Å². The lowest BCUT2D eigenvalue weighted by Gasteiger charge is -2.31. The summed E-state index contributed by atoms with van der Waals surface area (Å²) in [5.74, 6) is -0.689. The third kappa shape index (κ3) is 4.83. The first-order valence-electron chi connectivity index (χ1n) is 8.28. The molecular weight excluding hydrogens is 316 g/mol. The van der Waals surface area contributed by atoms with Gasteiger partial charge in [-0.1, -0.05) is 56.3 Å². The highest BCUT2D eigenvalue weighted by molar-refractivity contribution is 5.87. The summed E-state index contributed by atoms with van der Waals surface area (Å²) in [4.78, 5) is 25.1. The SMILES string of the molecule is CC(C)C(c1ccccc1)N(C)C(=O)NCc1ccc(C(=O)O)cc1. The van der Waals surface area contributed by atoms with Crippen LogP contribution in [0.3, 0.4) is 0 Å². The Hall–Kier alpha value is -2.82. The first-order chi connectivity index (χ1) is 11.9. The van der Waals surface area contributed by atoms with E-state index in [-0.39, 0.29) is 23.6 Å². The molecule has 132 valence electrons. The monoisotopic (exact) mass is 340 g/mol. The third-order valence-corrected chi connectivity index (χ3v) is 4.15. The Morgan fingerprint density at radius 3 is 2.16 bits per heavy atom. The van der Waals surface area contributed by atoms with E-state index in [0.29, 0.717) is 6.54 Å². The van der Waals surface area contributed by atoms with E-state index in [9.17, 15) is 9.59 Å². The number of nitrogens with zero attached hydrogens (tertiary/aromatic N) is 1. The number of hydrogen-bond donors (Lipinski definition) is 2. The van der Waals surface area contributed by atoms with E-state index in [1.807, 2.05) is 30.3 Å². The first kappa shape index (κ1) is 18.5. The fraction of sp³-hybridized carbons (Fsp3) is 0.300. The topological polar surface area (TPSA) is 69.6 Å². The predicted octanol–water partition coefficient (Wildman–Crippen LogP) is 3.92. The van der Waals surface area contributed by atoms with Gasteiger partial charge < -0.3 is 15.3 Å². The Morgan fingerprint density at radius 2 is 1.64 bits per heavy atom. The van der Waals surface area contributed by atoms with Crippen LogP contribution in [0.25, 0.3) is 0 Å². The molecule has 2 aromatic carbocycles. The van der Waals surface area contributed by atoms with E-state index in [0.717, 1.165) is 11.1 Å². The zero-order valence-corrected chi connectivity index (χ0v) is 14.8. The number of carboxylic acids is 1. The number of carbonyl (C=O) groups is 2. The molecule has 2 N–H and O–H groups in total. The molecule has 0 saturated heterocycles. The average Bonchev–Trinajstić information content (AvgIpc) is 2.60. The van der Waals surface area contributed by atoms with E-state index >= 15 is 0 Å². The summed E-state index contributed by atoms with van der Waals surface area (Å²) in [5.41, 5.74) is 2.18. The van der Waals surface area contributed by atoms with Crippen LogP contribution in [0.15, 0.2) is 54.6 Å². The molecule has 0 fully saturated rings. The van der Waals surface area contributed by atoms with Gasteiger partial charge in [-0.25, -0.2) is 9.59 Å². The highest BCUT2D eigenvalue weighted by Crippen LogP contribution is 2.27. The lowest BCUT2D eigenvalue weighted by atomic mass is 9.95. The second-order valence-electron chi connectivity index (χ2n) is 6.37. The molecule has 1 unspecified atom stereocenters. The summed E-state index contributed by atoms with van der Waals surface area (Å²) >= 11 is 0. The van der Waals surface area contributed by atoms with Crippen LogP contribution in [0.1, 0.15) is 41.4 Å². The van der Waals surface area contributed by atoms with Crippen LogP contribution in [-0.2, 0) is 6.54 Å². The number of amides is 2. The van der Waals surface area contributed by atoms with Gasteiger partial charge in [-0.2, -0.15) is 0 Å². The quantitative estimate of drug-likeness (QED) is 0.837. The van der Waals surface area contributed by atoms with Crippen molar-refractivity contribution in [3.63, 3.8) is 0 Å². The van der Waals surface area contributed by atoms with Crippen molar-refractivity contribution >= 4 is 12.0 Å². The minimum atomic E-state index is -0.960. The lowest BCUT2D eigenvalue weighted by Crippen LogP contribution is -2.41. The number of hydrogen-bond acceptors (Lipinski definition) is 2. The van der Waals surface area contributed by atoms with Crippen LogP contribution < -0.4 is 5.32 Å².